The fourth-order valence-electron chi connectivity index (χ4n) is 3.81. The fourth-order valence-corrected chi connectivity index (χ4v) is 4.42. The summed E-state index contributed by atoms with van der Waals surface area (Å²) in [5, 5.41) is 3.94. The molecule has 3 aromatic rings. The third kappa shape index (κ3) is 6.82. The number of halogens is 1. The molecule has 10 heteroatoms. The van der Waals surface area contributed by atoms with Gasteiger partial charge >= 0.3 is 0 Å². The van der Waals surface area contributed by atoms with Gasteiger partial charge in [-0.2, -0.15) is 0 Å². The standard InChI is InChI=1S/C25H32FN5O3S/c1-15(2)13-31(5)25(32)17(4)34-22-11-18(26)8-9-20(22)29-24-23-16(3)10-19(30-35(6,7)33)12-21(23)27-14-28-24/h8-12,14-15,17H,6,13H2,1-5,7H3,(H,30,33)(H,27,28,29)/t17-,35?/m1/s1. The normalized spacial score (nSPS) is 13.8. The topological polar surface area (TPSA) is 96.5 Å². The number of hydrogen-bond acceptors (Lipinski definition) is 6. The lowest BCUT2D eigenvalue weighted by molar-refractivity contribution is -0.137. The van der Waals surface area contributed by atoms with Crippen molar-refractivity contribution in [3.8, 4) is 5.75 Å². The number of rotatable bonds is 9. The molecule has 0 radical (unpaired) electrons. The second-order valence-corrected chi connectivity index (χ2v) is 11.4. The fraction of sp³-hybridized carbons (Fsp3) is 0.360. The minimum absolute atomic E-state index is 0.189. The first-order valence-electron chi connectivity index (χ1n) is 11.2. The molecule has 8 nitrogen and oxygen atoms in total. The molecule has 0 saturated heterocycles. The van der Waals surface area contributed by atoms with Crippen molar-refractivity contribution in [1.82, 2.24) is 14.9 Å². The Balaban J connectivity index is 1.93. The van der Waals surface area contributed by atoms with Gasteiger partial charge in [-0.05, 0) is 55.5 Å². The van der Waals surface area contributed by atoms with E-state index >= 15 is 0 Å². The van der Waals surface area contributed by atoms with E-state index in [2.05, 4.69) is 25.9 Å². The van der Waals surface area contributed by atoms with Crippen LogP contribution in [0.5, 0.6) is 5.75 Å². The van der Waals surface area contributed by atoms with Crippen molar-refractivity contribution in [2.45, 2.75) is 33.8 Å². The Hall–Kier alpha value is -3.40. The first-order valence-corrected chi connectivity index (χ1v) is 13.3. The summed E-state index contributed by atoms with van der Waals surface area (Å²) in [5.74, 6) is 3.92. The number of nitrogens with one attached hydrogen (secondary N) is 2. The lowest BCUT2D eigenvalue weighted by Crippen LogP contribution is -2.39. The second kappa shape index (κ2) is 10.5. The number of carbonyl (C=O) groups is 1. The van der Waals surface area contributed by atoms with Crippen LogP contribution in [-0.4, -0.2) is 56.8 Å². The number of nitrogens with zero attached hydrogens (tertiary/aromatic N) is 3. The van der Waals surface area contributed by atoms with Gasteiger partial charge in [-0.1, -0.05) is 13.8 Å². The Kier molecular flexibility index (Phi) is 7.84. The van der Waals surface area contributed by atoms with Gasteiger partial charge in [-0.25, -0.2) is 18.6 Å². The van der Waals surface area contributed by atoms with E-state index in [-0.39, 0.29) is 11.7 Å². The molecule has 3 rings (SSSR count). The first-order chi connectivity index (χ1) is 16.3. The molecule has 1 aromatic heterocycles. The number of aromatic nitrogens is 2. The average molecular weight is 502 g/mol. The largest absolute Gasteiger partial charge is 0.479 e. The molecule has 1 unspecified atom stereocenters. The Morgan fingerprint density at radius 3 is 2.60 bits per heavy atom. The number of fused-ring (bicyclic) bond motifs is 1. The Morgan fingerprint density at radius 1 is 1.23 bits per heavy atom. The van der Waals surface area contributed by atoms with Gasteiger partial charge in [0.1, 0.15) is 23.7 Å². The maximum atomic E-state index is 14.1. The van der Waals surface area contributed by atoms with Crippen molar-refractivity contribution < 1.29 is 18.1 Å². The summed E-state index contributed by atoms with van der Waals surface area (Å²) in [4.78, 5) is 23.0. The number of carbonyl (C=O) groups excluding carboxylic acids is 1. The van der Waals surface area contributed by atoms with E-state index in [1.54, 1.807) is 24.9 Å². The lowest BCUT2D eigenvalue weighted by Gasteiger charge is -2.24. The van der Waals surface area contributed by atoms with Gasteiger partial charge in [0.25, 0.3) is 5.91 Å². The molecule has 2 aromatic carbocycles. The minimum atomic E-state index is -2.45. The first kappa shape index (κ1) is 26.2. The van der Waals surface area contributed by atoms with Crippen molar-refractivity contribution >= 4 is 49.6 Å². The van der Waals surface area contributed by atoms with Gasteiger partial charge in [0.15, 0.2) is 6.10 Å². The van der Waals surface area contributed by atoms with Crippen LogP contribution >= 0.6 is 0 Å². The van der Waals surface area contributed by atoms with Gasteiger partial charge in [0, 0.05) is 46.7 Å². The molecule has 0 fully saturated rings. The summed E-state index contributed by atoms with van der Waals surface area (Å²) in [6.45, 7) is 8.16. The van der Waals surface area contributed by atoms with Crippen LogP contribution in [0, 0.1) is 18.7 Å². The maximum Gasteiger partial charge on any atom is 0.263 e. The SMILES string of the molecule is C=S(C)(=O)Nc1cc(C)c2c(Nc3ccc(F)cc3O[C@H](C)C(=O)N(C)CC(C)C)ncnc2c1. The lowest BCUT2D eigenvalue weighted by atomic mass is 10.1. The molecule has 0 spiro atoms. The number of benzene rings is 2. The molecule has 2 N–H and O–H groups in total. The van der Waals surface area contributed by atoms with E-state index in [0.717, 1.165) is 10.9 Å². The van der Waals surface area contributed by atoms with Gasteiger partial charge in [-0.3, -0.25) is 4.79 Å². The third-order valence-electron chi connectivity index (χ3n) is 5.13. The van der Waals surface area contributed by atoms with E-state index in [0.29, 0.717) is 35.2 Å². The second-order valence-electron chi connectivity index (χ2n) is 9.15. The molecule has 35 heavy (non-hydrogen) atoms. The molecule has 188 valence electrons. The summed E-state index contributed by atoms with van der Waals surface area (Å²) in [6, 6.07) is 7.67. The van der Waals surface area contributed by atoms with Gasteiger partial charge in [-0.15, -0.1) is 0 Å². The van der Waals surface area contributed by atoms with Crippen molar-refractivity contribution in [2.24, 2.45) is 5.92 Å². The zero-order valence-electron chi connectivity index (χ0n) is 20.9. The zero-order valence-corrected chi connectivity index (χ0v) is 21.7. The summed E-state index contributed by atoms with van der Waals surface area (Å²) < 4.78 is 35.0. The molecule has 1 amide bonds. The monoisotopic (exact) mass is 501 g/mol. The highest BCUT2D eigenvalue weighted by Gasteiger charge is 2.22. The summed E-state index contributed by atoms with van der Waals surface area (Å²) in [6.07, 6.45) is 2.10. The van der Waals surface area contributed by atoms with E-state index in [9.17, 15) is 13.4 Å². The number of anilines is 3. The molecule has 0 aliphatic carbocycles. The van der Waals surface area contributed by atoms with E-state index in [1.165, 1.54) is 30.8 Å². The van der Waals surface area contributed by atoms with Crippen molar-refractivity contribution in [3.05, 3.63) is 48.0 Å². The smallest absolute Gasteiger partial charge is 0.263 e. The van der Waals surface area contributed by atoms with Crippen molar-refractivity contribution in [1.29, 1.82) is 0 Å². The third-order valence-corrected chi connectivity index (χ3v) is 5.80. The number of amides is 1. The van der Waals surface area contributed by atoms with Crippen LogP contribution in [-0.2, 0) is 14.5 Å². The summed E-state index contributed by atoms with van der Waals surface area (Å²) in [5.41, 5.74) is 2.54. The van der Waals surface area contributed by atoms with Crippen LogP contribution in [0.4, 0.5) is 21.6 Å². The quantitative estimate of drug-likeness (QED) is 0.423. The highest BCUT2D eigenvalue weighted by Crippen LogP contribution is 2.33. The highest BCUT2D eigenvalue weighted by atomic mass is 32.2. The highest BCUT2D eigenvalue weighted by molar-refractivity contribution is 8.00. The molecule has 0 aliphatic heterocycles. The predicted octanol–water partition coefficient (Wildman–Crippen LogP) is 4.38. The molecule has 1 heterocycles. The van der Waals surface area contributed by atoms with Crippen LogP contribution in [0.1, 0.15) is 26.3 Å². The van der Waals surface area contributed by atoms with Crippen LogP contribution in [0.2, 0.25) is 0 Å². The van der Waals surface area contributed by atoms with Gasteiger partial charge in [0.05, 0.1) is 11.2 Å². The number of ether oxygens (including phenoxy) is 1. The molecule has 2 atom stereocenters. The predicted molar refractivity (Wildman–Crippen MR) is 141 cm³/mol. The molecule has 0 saturated carbocycles. The van der Waals surface area contributed by atoms with Crippen molar-refractivity contribution in [2.75, 3.05) is 29.9 Å². The van der Waals surface area contributed by atoms with Crippen LogP contribution in [0.15, 0.2) is 36.7 Å². The molecule has 0 aliphatic rings. The molecular weight excluding hydrogens is 469 g/mol. The Bertz CT molecular complexity index is 1340. The van der Waals surface area contributed by atoms with E-state index in [1.807, 2.05) is 26.8 Å². The van der Waals surface area contributed by atoms with E-state index < -0.39 is 21.6 Å². The van der Waals surface area contributed by atoms with Crippen LogP contribution in [0.25, 0.3) is 10.9 Å². The number of hydrogen-bond donors (Lipinski definition) is 2. The maximum absolute atomic E-state index is 14.1. The van der Waals surface area contributed by atoms with Crippen LogP contribution in [0.3, 0.4) is 0 Å². The molecule has 0 bridgehead atoms. The van der Waals surface area contributed by atoms with Crippen molar-refractivity contribution in [3.63, 3.8) is 0 Å². The zero-order chi connectivity index (χ0) is 25.9. The van der Waals surface area contributed by atoms with Crippen LogP contribution < -0.4 is 14.8 Å². The molecular formula is C25H32FN5O3S. The Morgan fingerprint density at radius 2 is 1.94 bits per heavy atom. The number of aryl methyl sites for hydroxylation is 1. The van der Waals surface area contributed by atoms with Gasteiger partial charge in [0.2, 0.25) is 0 Å². The van der Waals surface area contributed by atoms with E-state index in [4.69, 9.17) is 4.74 Å². The summed E-state index contributed by atoms with van der Waals surface area (Å²) in [7, 11) is -0.735. The van der Waals surface area contributed by atoms with Gasteiger partial charge < -0.3 is 19.7 Å². The average Bonchev–Trinajstić information content (AvgIpc) is 2.73. The Labute approximate surface area is 206 Å². The minimum Gasteiger partial charge on any atom is -0.479 e. The number of likely N-dealkylation sites (N-methyl/N-ethyl adjacent to an activating group) is 1. The summed E-state index contributed by atoms with van der Waals surface area (Å²) >= 11 is 0.